The normalized spacial score (nSPS) is 37.4. The molecule has 1 amide bonds. The molecule has 3 atom stereocenters. The average molecular weight is 196 g/mol. The number of carbonyl (C=O) groups is 1. The summed E-state index contributed by atoms with van der Waals surface area (Å²) in [7, 11) is 1.72. The molecule has 1 saturated carbocycles. The Kier molecular flexibility index (Phi) is 3.06. The molecule has 1 saturated heterocycles. The van der Waals surface area contributed by atoms with Crippen molar-refractivity contribution in [2.24, 2.45) is 5.92 Å². The lowest BCUT2D eigenvalue weighted by molar-refractivity contribution is -0.124. The summed E-state index contributed by atoms with van der Waals surface area (Å²) in [5.41, 5.74) is 0. The van der Waals surface area contributed by atoms with Crippen molar-refractivity contribution in [1.82, 2.24) is 10.6 Å². The summed E-state index contributed by atoms with van der Waals surface area (Å²) < 4.78 is 0. The fourth-order valence-corrected chi connectivity index (χ4v) is 2.88. The third-order valence-corrected chi connectivity index (χ3v) is 3.71. The topological polar surface area (TPSA) is 41.1 Å². The van der Waals surface area contributed by atoms with Crippen LogP contribution in [-0.4, -0.2) is 25.0 Å². The van der Waals surface area contributed by atoms with E-state index in [0.29, 0.717) is 6.04 Å². The summed E-state index contributed by atoms with van der Waals surface area (Å²) in [4.78, 5) is 11.5. The highest BCUT2D eigenvalue weighted by Gasteiger charge is 2.33. The van der Waals surface area contributed by atoms with Crippen LogP contribution in [0.2, 0.25) is 0 Å². The first-order valence-electron chi connectivity index (χ1n) is 5.79. The van der Waals surface area contributed by atoms with Gasteiger partial charge in [0, 0.05) is 13.1 Å². The molecule has 0 aromatic rings. The number of carbonyl (C=O) groups excluding carboxylic acids is 1. The Hall–Kier alpha value is -0.570. The molecule has 2 aliphatic rings. The molecule has 3 heteroatoms. The molecular formula is C11H20N2O. The van der Waals surface area contributed by atoms with Crippen LogP contribution in [0.3, 0.4) is 0 Å². The first-order valence-corrected chi connectivity index (χ1v) is 5.79. The molecule has 80 valence electrons. The van der Waals surface area contributed by atoms with Crippen molar-refractivity contribution in [2.45, 2.75) is 50.6 Å². The Morgan fingerprint density at radius 2 is 2.00 bits per heavy atom. The van der Waals surface area contributed by atoms with Crippen LogP contribution in [0.25, 0.3) is 0 Å². The van der Waals surface area contributed by atoms with E-state index in [1.807, 2.05) is 0 Å². The maximum atomic E-state index is 11.5. The van der Waals surface area contributed by atoms with Gasteiger partial charge in [0.05, 0.1) is 6.04 Å². The van der Waals surface area contributed by atoms with Crippen molar-refractivity contribution < 1.29 is 4.79 Å². The quantitative estimate of drug-likeness (QED) is 0.658. The number of hydrogen-bond donors (Lipinski definition) is 2. The van der Waals surface area contributed by atoms with Crippen molar-refractivity contribution in [3.8, 4) is 0 Å². The van der Waals surface area contributed by atoms with E-state index in [9.17, 15) is 4.79 Å². The summed E-state index contributed by atoms with van der Waals surface area (Å²) in [6.45, 7) is 0. The first kappa shape index (κ1) is 9.97. The molecule has 0 radical (unpaired) electrons. The lowest BCUT2D eigenvalue weighted by Gasteiger charge is -2.39. The third-order valence-electron chi connectivity index (χ3n) is 3.71. The van der Waals surface area contributed by atoms with E-state index in [0.717, 1.165) is 12.3 Å². The van der Waals surface area contributed by atoms with E-state index in [4.69, 9.17) is 0 Å². The summed E-state index contributed by atoms with van der Waals surface area (Å²) in [6, 6.07) is 0.680. The van der Waals surface area contributed by atoms with Gasteiger partial charge in [-0.15, -0.1) is 0 Å². The lowest BCUT2D eigenvalue weighted by atomic mass is 9.77. The molecule has 1 aliphatic carbocycles. The van der Waals surface area contributed by atoms with Gasteiger partial charge in [0.15, 0.2) is 0 Å². The number of rotatable bonds is 1. The van der Waals surface area contributed by atoms with Crippen molar-refractivity contribution in [3.63, 3.8) is 0 Å². The summed E-state index contributed by atoms with van der Waals surface area (Å²) >= 11 is 0. The van der Waals surface area contributed by atoms with Crippen LogP contribution in [0.5, 0.6) is 0 Å². The smallest absolute Gasteiger partial charge is 0.236 e. The van der Waals surface area contributed by atoms with Crippen LogP contribution in [0.1, 0.15) is 38.5 Å². The van der Waals surface area contributed by atoms with Gasteiger partial charge >= 0.3 is 0 Å². The number of amides is 1. The highest BCUT2D eigenvalue weighted by Crippen LogP contribution is 2.32. The van der Waals surface area contributed by atoms with Crippen LogP contribution in [0, 0.1) is 5.92 Å². The van der Waals surface area contributed by atoms with E-state index in [2.05, 4.69) is 10.6 Å². The maximum absolute atomic E-state index is 11.5. The summed E-state index contributed by atoms with van der Waals surface area (Å²) in [6.07, 6.45) is 7.58. The fraction of sp³-hybridized carbons (Fsp3) is 0.909. The summed E-state index contributed by atoms with van der Waals surface area (Å²) in [5, 5.41) is 6.22. The van der Waals surface area contributed by atoms with Crippen molar-refractivity contribution in [2.75, 3.05) is 7.05 Å². The highest BCUT2D eigenvalue weighted by atomic mass is 16.2. The number of nitrogens with one attached hydrogen (secondary N) is 2. The number of likely N-dealkylation sites (N-methyl/N-ethyl adjacent to an activating group) is 1. The molecule has 0 spiro atoms. The Labute approximate surface area is 85.6 Å². The zero-order chi connectivity index (χ0) is 9.97. The molecule has 0 aromatic heterocycles. The van der Waals surface area contributed by atoms with Crippen molar-refractivity contribution >= 4 is 5.91 Å². The lowest BCUT2D eigenvalue weighted by Crippen LogP contribution is -2.54. The molecule has 3 nitrogen and oxygen atoms in total. The fourth-order valence-electron chi connectivity index (χ4n) is 2.88. The van der Waals surface area contributed by atoms with E-state index in [1.54, 1.807) is 7.05 Å². The molecule has 14 heavy (non-hydrogen) atoms. The predicted molar refractivity (Wildman–Crippen MR) is 56.0 cm³/mol. The second-order valence-corrected chi connectivity index (χ2v) is 4.56. The average Bonchev–Trinajstić information content (AvgIpc) is 2.27. The van der Waals surface area contributed by atoms with E-state index < -0.39 is 0 Å². The van der Waals surface area contributed by atoms with E-state index in [-0.39, 0.29) is 11.9 Å². The summed E-state index contributed by atoms with van der Waals surface area (Å²) in [5.74, 6) is 0.999. The van der Waals surface area contributed by atoms with Gasteiger partial charge in [0.1, 0.15) is 0 Å². The number of hydrogen-bond acceptors (Lipinski definition) is 2. The molecule has 0 bridgehead atoms. The largest absolute Gasteiger partial charge is 0.358 e. The second-order valence-electron chi connectivity index (χ2n) is 4.56. The van der Waals surface area contributed by atoms with Crippen LogP contribution < -0.4 is 10.6 Å². The standard InChI is InChI=1S/C11H20N2O/c1-12-11(14)10-7-6-8-4-2-3-5-9(8)13-10/h8-10,13H,2-7H2,1H3,(H,12,14)/t8-,9-,10-/m1/s1. The van der Waals surface area contributed by atoms with Crippen LogP contribution in [0.4, 0.5) is 0 Å². The molecule has 0 unspecified atom stereocenters. The van der Waals surface area contributed by atoms with E-state index >= 15 is 0 Å². The maximum Gasteiger partial charge on any atom is 0.236 e. The minimum Gasteiger partial charge on any atom is -0.358 e. The van der Waals surface area contributed by atoms with Gasteiger partial charge in [-0.25, -0.2) is 0 Å². The van der Waals surface area contributed by atoms with Gasteiger partial charge in [-0.1, -0.05) is 12.8 Å². The Morgan fingerprint density at radius 3 is 2.79 bits per heavy atom. The van der Waals surface area contributed by atoms with Crippen molar-refractivity contribution in [1.29, 1.82) is 0 Å². The zero-order valence-electron chi connectivity index (χ0n) is 8.88. The second kappa shape index (κ2) is 4.30. The van der Waals surface area contributed by atoms with Gasteiger partial charge < -0.3 is 10.6 Å². The minimum atomic E-state index is 0.0688. The van der Waals surface area contributed by atoms with Crippen LogP contribution >= 0.6 is 0 Å². The van der Waals surface area contributed by atoms with Crippen molar-refractivity contribution in [3.05, 3.63) is 0 Å². The Morgan fingerprint density at radius 1 is 1.21 bits per heavy atom. The third kappa shape index (κ3) is 1.92. The number of fused-ring (bicyclic) bond motifs is 1. The molecule has 2 rings (SSSR count). The molecule has 1 heterocycles. The molecule has 1 aliphatic heterocycles. The monoisotopic (exact) mass is 196 g/mol. The highest BCUT2D eigenvalue weighted by molar-refractivity contribution is 5.81. The van der Waals surface area contributed by atoms with E-state index in [1.165, 1.54) is 32.1 Å². The number of piperidine rings is 1. The Bertz CT molecular complexity index is 217. The first-order chi connectivity index (χ1) is 6.81. The van der Waals surface area contributed by atoms with Gasteiger partial charge in [-0.2, -0.15) is 0 Å². The van der Waals surface area contributed by atoms with Gasteiger partial charge in [0.2, 0.25) is 5.91 Å². The minimum absolute atomic E-state index is 0.0688. The zero-order valence-corrected chi connectivity index (χ0v) is 8.88. The molecule has 2 N–H and O–H groups in total. The van der Waals surface area contributed by atoms with Gasteiger partial charge in [-0.3, -0.25) is 4.79 Å². The predicted octanol–water partition coefficient (Wildman–Crippen LogP) is 1.04. The van der Waals surface area contributed by atoms with Gasteiger partial charge in [0.25, 0.3) is 0 Å². The molecule has 2 fully saturated rings. The van der Waals surface area contributed by atoms with Gasteiger partial charge in [-0.05, 0) is 31.6 Å². The Balaban J connectivity index is 1.92. The van der Waals surface area contributed by atoms with Crippen LogP contribution in [0.15, 0.2) is 0 Å². The van der Waals surface area contributed by atoms with Crippen LogP contribution in [-0.2, 0) is 4.79 Å². The molecule has 0 aromatic carbocycles. The SMILES string of the molecule is CNC(=O)[C@H]1CC[C@H]2CCCC[C@H]2N1. The molecular weight excluding hydrogens is 176 g/mol.